The van der Waals surface area contributed by atoms with Crippen LogP contribution < -0.4 is 11.1 Å². The normalized spacial score (nSPS) is 14.8. The van der Waals surface area contributed by atoms with E-state index < -0.39 is 0 Å². The lowest BCUT2D eigenvalue weighted by Gasteiger charge is -2.33. The SMILES string of the molecule is CCC(CCN)CCCNC(C)(C)CC(C)(C)C. The largest absolute Gasteiger partial charge is 0.330 e. The van der Waals surface area contributed by atoms with Crippen molar-refractivity contribution in [3.63, 3.8) is 0 Å². The molecule has 0 fully saturated rings. The molecule has 0 aliphatic rings. The van der Waals surface area contributed by atoms with Gasteiger partial charge in [0.1, 0.15) is 0 Å². The first-order chi connectivity index (χ1) is 8.20. The highest BCUT2D eigenvalue weighted by molar-refractivity contribution is 4.83. The van der Waals surface area contributed by atoms with Crippen LogP contribution in [0, 0.1) is 11.3 Å². The molecule has 0 bridgehead atoms. The van der Waals surface area contributed by atoms with Crippen molar-refractivity contribution < 1.29 is 0 Å². The third-order valence-corrected chi connectivity index (χ3v) is 3.52. The van der Waals surface area contributed by atoms with Gasteiger partial charge in [-0.05, 0) is 64.0 Å². The van der Waals surface area contributed by atoms with Crippen LogP contribution in [0.25, 0.3) is 0 Å². The van der Waals surface area contributed by atoms with Crippen molar-refractivity contribution in [3.05, 3.63) is 0 Å². The lowest BCUT2D eigenvalue weighted by atomic mass is 9.81. The topological polar surface area (TPSA) is 38.0 Å². The van der Waals surface area contributed by atoms with Crippen molar-refractivity contribution >= 4 is 0 Å². The van der Waals surface area contributed by atoms with E-state index in [1.165, 1.54) is 32.1 Å². The van der Waals surface area contributed by atoms with Gasteiger partial charge in [-0.1, -0.05) is 34.1 Å². The molecule has 0 amide bonds. The van der Waals surface area contributed by atoms with Crippen LogP contribution in [0.15, 0.2) is 0 Å². The highest BCUT2D eigenvalue weighted by Gasteiger charge is 2.24. The van der Waals surface area contributed by atoms with Gasteiger partial charge in [0.25, 0.3) is 0 Å². The van der Waals surface area contributed by atoms with E-state index in [0.717, 1.165) is 19.0 Å². The highest BCUT2D eigenvalue weighted by Crippen LogP contribution is 2.26. The van der Waals surface area contributed by atoms with Gasteiger partial charge in [-0.25, -0.2) is 0 Å². The molecule has 1 atom stereocenters. The summed E-state index contributed by atoms with van der Waals surface area (Å²) in [6.45, 7) is 15.8. The zero-order chi connectivity index (χ0) is 14.2. The predicted octanol–water partition coefficient (Wildman–Crippen LogP) is 3.95. The Labute approximate surface area is 115 Å². The Morgan fingerprint density at radius 2 is 1.67 bits per heavy atom. The standard InChI is InChI=1S/C16H36N2/c1-7-14(10-11-17)9-8-12-18-16(5,6)13-15(2,3)4/h14,18H,7-13,17H2,1-6H3. The summed E-state index contributed by atoms with van der Waals surface area (Å²) in [5, 5.41) is 3.71. The summed E-state index contributed by atoms with van der Waals surface area (Å²) in [5.41, 5.74) is 6.27. The average molecular weight is 256 g/mol. The third-order valence-electron chi connectivity index (χ3n) is 3.52. The summed E-state index contributed by atoms with van der Waals surface area (Å²) in [5.74, 6) is 0.822. The van der Waals surface area contributed by atoms with E-state index in [4.69, 9.17) is 5.73 Å². The van der Waals surface area contributed by atoms with Crippen molar-refractivity contribution in [3.8, 4) is 0 Å². The van der Waals surface area contributed by atoms with Crippen LogP contribution in [0.1, 0.15) is 73.6 Å². The summed E-state index contributed by atoms with van der Waals surface area (Å²) in [7, 11) is 0. The molecule has 0 radical (unpaired) electrons. The van der Waals surface area contributed by atoms with Crippen LogP contribution in [0.5, 0.6) is 0 Å². The van der Waals surface area contributed by atoms with Gasteiger partial charge in [0.05, 0.1) is 0 Å². The van der Waals surface area contributed by atoms with E-state index in [1.54, 1.807) is 0 Å². The molecule has 1 unspecified atom stereocenters. The van der Waals surface area contributed by atoms with Crippen molar-refractivity contribution in [2.24, 2.45) is 17.1 Å². The summed E-state index contributed by atoms with van der Waals surface area (Å²) in [4.78, 5) is 0. The van der Waals surface area contributed by atoms with Crippen molar-refractivity contribution in [2.45, 2.75) is 79.2 Å². The maximum Gasteiger partial charge on any atom is 0.0130 e. The molecule has 0 spiro atoms. The number of nitrogens with one attached hydrogen (secondary N) is 1. The van der Waals surface area contributed by atoms with E-state index >= 15 is 0 Å². The molecular weight excluding hydrogens is 220 g/mol. The Balaban J connectivity index is 3.82. The molecule has 18 heavy (non-hydrogen) atoms. The number of rotatable bonds is 9. The third kappa shape index (κ3) is 9.90. The molecule has 0 saturated carbocycles. The Morgan fingerprint density at radius 1 is 1.06 bits per heavy atom. The van der Waals surface area contributed by atoms with Gasteiger partial charge in [0, 0.05) is 5.54 Å². The van der Waals surface area contributed by atoms with Gasteiger partial charge in [-0.2, -0.15) is 0 Å². The number of hydrogen-bond donors (Lipinski definition) is 2. The minimum atomic E-state index is 0.244. The molecule has 0 aromatic heterocycles. The molecule has 0 aliphatic carbocycles. The smallest absolute Gasteiger partial charge is 0.0130 e. The molecule has 2 nitrogen and oxygen atoms in total. The molecule has 2 heteroatoms. The van der Waals surface area contributed by atoms with Crippen LogP contribution >= 0.6 is 0 Å². The minimum Gasteiger partial charge on any atom is -0.330 e. The van der Waals surface area contributed by atoms with Gasteiger partial charge in [-0.15, -0.1) is 0 Å². The second kappa shape index (κ2) is 8.16. The van der Waals surface area contributed by atoms with Crippen LogP contribution in [-0.4, -0.2) is 18.6 Å². The first-order valence-electron chi connectivity index (χ1n) is 7.65. The van der Waals surface area contributed by atoms with Gasteiger partial charge < -0.3 is 11.1 Å². The summed E-state index contributed by atoms with van der Waals surface area (Å²) in [6.07, 6.45) is 6.24. The fourth-order valence-electron chi connectivity index (χ4n) is 2.99. The summed E-state index contributed by atoms with van der Waals surface area (Å²) < 4.78 is 0. The fourth-order valence-corrected chi connectivity index (χ4v) is 2.99. The van der Waals surface area contributed by atoms with Crippen LogP contribution in [0.2, 0.25) is 0 Å². The lowest BCUT2D eigenvalue weighted by molar-refractivity contribution is 0.239. The van der Waals surface area contributed by atoms with Crippen LogP contribution in [0.3, 0.4) is 0 Å². The van der Waals surface area contributed by atoms with E-state index in [2.05, 4.69) is 46.9 Å². The highest BCUT2D eigenvalue weighted by atomic mass is 14.9. The molecular formula is C16H36N2. The molecule has 0 aliphatic heterocycles. The Bertz CT molecular complexity index is 204. The summed E-state index contributed by atoms with van der Waals surface area (Å²) in [6, 6.07) is 0. The van der Waals surface area contributed by atoms with Crippen LogP contribution in [0.4, 0.5) is 0 Å². The number of hydrogen-bond acceptors (Lipinski definition) is 2. The summed E-state index contributed by atoms with van der Waals surface area (Å²) >= 11 is 0. The molecule has 3 N–H and O–H groups in total. The molecule has 0 heterocycles. The second-order valence-corrected chi connectivity index (χ2v) is 7.54. The molecule has 0 rings (SSSR count). The zero-order valence-corrected chi connectivity index (χ0v) is 13.6. The van der Waals surface area contributed by atoms with Crippen molar-refractivity contribution in [2.75, 3.05) is 13.1 Å². The van der Waals surface area contributed by atoms with E-state index in [0.29, 0.717) is 5.41 Å². The van der Waals surface area contributed by atoms with Gasteiger partial charge in [0.2, 0.25) is 0 Å². The molecule has 0 aromatic rings. The fraction of sp³-hybridized carbons (Fsp3) is 1.00. The van der Waals surface area contributed by atoms with Gasteiger partial charge >= 0.3 is 0 Å². The van der Waals surface area contributed by atoms with Gasteiger partial charge in [0.15, 0.2) is 0 Å². The molecule has 0 aromatic carbocycles. The van der Waals surface area contributed by atoms with Gasteiger partial charge in [-0.3, -0.25) is 0 Å². The molecule has 0 saturated heterocycles. The van der Waals surface area contributed by atoms with E-state index in [-0.39, 0.29) is 5.54 Å². The number of nitrogens with two attached hydrogens (primary N) is 1. The zero-order valence-electron chi connectivity index (χ0n) is 13.6. The Morgan fingerprint density at radius 3 is 2.11 bits per heavy atom. The van der Waals surface area contributed by atoms with E-state index in [1.807, 2.05) is 0 Å². The minimum absolute atomic E-state index is 0.244. The first-order valence-corrected chi connectivity index (χ1v) is 7.65. The predicted molar refractivity (Wildman–Crippen MR) is 82.8 cm³/mol. The van der Waals surface area contributed by atoms with E-state index in [9.17, 15) is 0 Å². The monoisotopic (exact) mass is 256 g/mol. The quantitative estimate of drug-likeness (QED) is 0.613. The van der Waals surface area contributed by atoms with Crippen molar-refractivity contribution in [1.29, 1.82) is 0 Å². The average Bonchev–Trinajstić information content (AvgIpc) is 2.19. The molecule has 110 valence electrons. The Kier molecular flexibility index (Phi) is 8.13. The van der Waals surface area contributed by atoms with Crippen molar-refractivity contribution in [1.82, 2.24) is 5.32 Å². The maximum atomic E-state index is 5.63. The first kappa shape index (κ1) is 17.9. The van der Waals surface area contributed by atoms with Crippen LogP contribution in [-0.2, 0) is 0 Å². The lowest BCUT2D eigenvalue weighted by Crippen LogP contribution is -2.42. The second-order valence-electron chi connectivity index (χ2n) is 7.54. The Hall–Kier alpha value is -0.0800. The maximum absolute atomic E-state index is 5.63.